The molecule has 1 saturated carbocycles. The summed E-state index contributed by atoms with van der Waals surface area (Å²) in [6, 6.07) is 9.07. The molecule has 1 unspecified atom stereocenters. The highest BCUT2D eigenvalue weighted by Crippen LogP contribution is 2.42. The molecule has 1 aromatic rings. The molecule has 0 saturated heterocycles. The number of carbonyl (C=O) groups excluding carboxylic acids is 2. The molecule has 0 spiro atoms. The van der Waals surface area contributed by atoms with Crippen LogP contribution in [0.1, 0.15) is 43.5 Å². The van der Waals surface area contributed by atoms with Crippen LogP contribution in [0, 0.1) is 11.3 Å². The van der Waals surface area contributed by atoms with Crippen LogP contribution in [0.15, 0.2) is 30.3 Å². The van der Waals surface area contributed by atoms with E-state index < -0.39 is 0 Å². The summed E-state index contributed by atoms with van der Waals surface area (Å²) in [5.74, 6) is 0.0209. The Hall–Kier alpha value is -1.64. The second-order valence-corrected chi connectivity index (χ2v) is 5.94. The zero-order chi connectivity index (χ0) is 13.9. The first-order valence-corrected chi connectivity index (χ1v) is 6.87. The number of rotatable bonds is 4. The molecule has 0 aliphatic heterocycles. The van der Waals surface area contributed by atoms with Gasteiger partial charge in [-0.3, -0.25) is 9.59 Å². The van der Waals surface area contributed by atoms with E-state index in [4.69, 9.17) is 0 Å². The average molecular weight is 259 g/mol. The van der Waals surface area contributed by atoms with Gasteiger partial charge in [0.05, 0.1) is 6.54 Å². The summed E-state index contributed by atoms with van der Waals surface area (Å²) in [5, 5.41) is 2.79. The van der Waals surface area contributed by atoms with E-state index >= 15 is 0 Å². The van der Waals surface area contributed by atoms with Crippen LogP contribution in [0.3, 0.4) is 0 Å². The van der Waals surface area contributed by atoms with Crippen LogP contribution in [0.25, 0.3) is 0 Å². The van der Waals surface area contributed by atoms with E-state index in [0.29, 0.717) is 5.56 Å². The van der Waals surface area contributed by atoms with E-state index in [-0.39, 0.29) is 29.6 Å². The highest BCUT2D eigenvalue weighted by Gasteiger charge is 2.39. The molecule has 1 aliphatic carbocycles. The van der Waals surface area contributed by atoms with Gasteiger partial charge in [-0.15, -0.1) is 0 Å². The molecule has 3 nitrogen and oxygen atoms in total. The summed E-state index contributed by atoms with van der Waals surface area (Å²) >= 11 is 0. The third-order valence-corrected chi connectivity index (χ3v) is 4.09. The number of Topliss-reactive ketones (excluding diaryl/α,β-unsaturated/α-hetero) is 1. The molecular weight excluding hydrogens is 238 g/mol. The van der Waals surface area contributed by atoms with Crippen LogP contribution in [-0.2, 0) is 4.79 Å². The summed E-state index contributed by atoms with van der Waals surface area (Å²) < 4.78 is 0. The molecular formula is C16H21NO2. The molecule has 1 atom stereocenters. The van der Waals surface area contributed by atoms with Gasteiger partial charge in [-0.1, -0.05) is 50.6 Å². The van der Waals surface area contributed by atoms with Crippen molar-refractivity contribution in [2.24, 2.45) is 11.3 Å². The maximum atomic E-state index is 12.1. The van der Waals surface area contributed by atoms with Crippen molar-refractivity contribution in [3.05, 3.63) is 35.9 Å². The Morgan fingerprint density at radius 1 is 1.26 bits per heavy atom. The highest BCUT2D eigenvalue weighted by atomic mass is 16.2. The van der Waals surface area contributed by atoms with Gasteiger partial charge in [-0.05, 0) is 18.3 Å². The molecule has 0 heterocycles. The van der Waals surface area contributed by atoms with Crippen molar-refractivity contribution < 1.29 is 9.59 Å². The normalized spacial score (nSPS) is 21.1. The van der Waals surface area contributed by atoms with E-state index in [1.54, 1.807) is 12.1 Å². The molecule has 1 fully saturated rings. The topological polar surface area (TPSA) is 46.2 Å². The first kappa shape index (κ1) is 13.8. The second-order valence-electron chi connectivity index (χ2n) is 5.94. The van der Waals surface area contributed by atoms with Gasteiger partial charge in [0.2, 0.25) is 5.91 Å². The molecule has 1 aromatic carbocycles. The van der Waals surface area contributed by atoms with E-state index in [1.165, 1.54) is 0 Å². The van der Waals surface area contributed by atoms with Crippen molar-refractivity contribution >= 4 is 11.7 Å². The lowest BCUT2D eigenvalue weighted by Crippen LogP contribution is -2.38. The molecule has 19 heavy (non-hydrogen) atoms. The number of benzene rings is 1. The number of hydrogen-bond acceptors (Lipinski definition) is 2. The standard InChI is InChI=1S/C16H21NO2/c1-16(2)10-6-9-13(16)15(19)17-11-14(18)12-7-4-3-5-8-12/h3-5,7-8,13H,6,9-11H2,1-2H3,(H,17,19). The molecule has 3 heteroatoms. The molecule has 1 N–H and O–H groups in total. The predicted molar refractivity (Wildman–Crippen MR) is 74.9 cm³/mol. The molecule has 0 radical (unpaired) electrons. The van der Waals surface area contributed by atoms with Crippen molar-refractivity contribution in [3.63, 3.8) is 0 Å². The van der Waals surface area contributed by atoms with Gasteiger partial charge in [0.15, 0.2) is 5.78 Å². The monoisotopic (exact) mass is 259 g/mol. The van der Waals surface area contributed by atoms with Gasteiger partial charge in [0, 0.05) is 11.5 Å². The summed E-state index contributed by atoms with van der Waals surface area (Å²) in [5.41, 5.74) is 0.702. The van der Waals surface area contributed by atoms with Crippen LogP contribution in [0.2, 0.25) is 0 Å². The van der Waals surface area contributed by atoms with Crippen molar-refractivity contribution in [3.8, 4) is 0 Å². The minimum Gasteiger partial charge on any atom is -0.348 e. The third kappa shape index (κ3) is 3.22. The van der Waals surface area contributed by atoms with E-state index in [2.05, 4.69) is 19.2 Å². The van der Waals surface area contributed by atoms with Crippen LogP contribution >= 0.6 is 0 Å². The fourth-order valence-corrected chi connectivity index (χ4v) is 2.83. The molecule has 1 amide bonds. The third-order valence-electron chi connectivity index (χ3n) is 4.09. The van der Waals surface area contributed by atoms with Crippen LogP contribution in [0.4, 0.5) is 0 Å². The van der Waals surface area contributed by atoms with Crippen molar-refractivity contribution in [2.45, 2.75) is 33.1 Å². The fraction of sp³-hybridized carbons (Fsp3) is 0.500. The average Bonchev–Trinajstić information content (AvgIpc) is 2.76. The first-order valence-electron chi connectivity index (χ1n) is 6.87. The number of carbonyl (C=O) groups is 2. The van der Waals surface area contributed by atoms with E-state index in [9.17, 15) is 9.59 Å². The van der Waals surface area contributed by atoms with Gasteiger partial charge in [0.25, 0.3) is 0 Å². The fourth-order valence-electron chi connectivity index (χ4n) is 2.83. The second kappa shape index (κ2) is 5.55. The Bertz CT molecular complexity index is 465. The lowest BCUT2D eigenvalue weighted by atomic mass is 9.81. The minimum absolute atomic E-state index is 0.0202. The van der Waals surface area contributed by atoms with Crippen molar-refractivity contribution in [2.75, 3.05) is 6.54 Å². The van der Waals surface area contributed by atoms with Crippen molar-refractivity contribution in [1.82, 2.24) is 5.32 Å². The minimum atomic E-state index is -0.0373. The highest BCUT2D eigenvalue weighted by molar-refractivity contribution is 5.99. The summed E-state index contributed by atoms with van der Waals surface area (Å²) in [7, 11) is 0. The Balaban J connectivity index is 1.89. The molecule has 0 bridgehead atoms. The van der Waals surface area contributed by atoms with Crippen molar-refractivity contribution in [1.29, 1.82) is 0 Å². The molecule has 102 valence electrons. The maximum Gasteiger partial charge on any atom is 0.224 e. The predicted octanol–water partition coefficient (Wildman–Crippen LogP) is 2.81. The van der Waals surface area contributed by atoms with Gasteiger partial charge >= 0.3 is 0 Å². The zero-order valence-corrected chi connectivity index (χ0v) is 11.6. The SMILES string of the molecule is CC1(C)CCCC1C(=O)NCC(=O)c1ccccc1. The smallest absolute Gasteiger partial charge is 0.224 e. The Labute approximate surface area is 114 Å². The zero-order valence-electron chi connectivity index (χ0n) is 11.6. The molecule has 1 aliphatic rings. The van der Waals surface area contributed by atoms with E-state index in [1.807, 2.05) is 18.2 Å². The molecule has 2 rings (SSSR count). The first-order chi connectivity index (χ1) is 9.00. The quantitative estimate of drug-likeness (QED) is 0.845. The lowest BCUT2D eigenvalue weighted by molar-refractivity contribution is -0.127. The van der Waals surface area contributed by atoms with Gasteiger partial charge in [-0.25, -0.2) is 0 Å². The number of amides is 1. The summed E-state index contributed by atoms with van der Waals surface area (Å²) in [6.07, 6.45) is 3.10. The van der Waals surface area contributed by atoms with Crippen LogP contribution in [-0.4, -0.2) is 18.2 Å². The lowest BCUT2D eigenvalue weighted by Gasteiger charge is -2.25. The van der Waals surface area contributed by atoms with E-state index in [0.717, 1.165) is 19.3 Å². The van der Waals surface area contributed by atoms with Gasteiger partial charge in [0.1, 0.15) is 0 Å². The molecule has 0 aromatic heterocycles. The Morgan fingerprint density at radius 2 is 1.95 bits per heavy atom. The number of nitrogens with one attached hydrogen (secondary N) is 1. The van der Waals surface area contributed by atoms with Gasteiger partial charge in [-0.2, -0.15) is 0 Å². The number of ketones is 1. The number of hydrogen-bond donors (Lipinski definition) is 1. The summed E-state index contributed by atoms with van der Waals surface area (Å²) in [4.78, 5) is 24.0. The Kier molecular flexibility index (Phi) is 4.03. The van der Waals surface area contributed by atoms with Gasteiger partial charge < -0.3 is 5.32 Å². The summed E-state index contributed by atoms with van der Waals surface area (Å²) in [6.45, 7) is 4.35. The maximum absolute atomic E-state index is 12.1. The van der Waals surface area contributed by atoms with Crippen LogP contribution in [0.5, 0.6) is 0 Å². The Morgan fingerprint density at radius 3 is 2.53 bits per heavy atom. The van der Waals surface area contributed by atoms with Crippen LogP contribution < -0.4 is 5.32 Å². The largest absolute Gasteiger partial charge is 0.348 e.